The maximum atomic E-state index is 13.5. The van der Waals surface area contributed by atoms with E-state index < -0.39 is 5.91 Å². The molecule has 0 radical (unpaired) electrons. The first kappa shape index (κ1) is 31.6. The quantitative estimate of drug-likeness (QED) is 0.236. The summed E-state index contributed by atoms with van der Waals surface area (Å²) in [4.78, 5) is 28.2. The Hall–Kier alpha value is -5.30. The molecule has 0 atom stereocenters. The molecule has 228 valence electrons. The number of rotatable bonds is 9. The number of aromatic nitrogens is 1. The zero-order chi connectivity index (χ0) is 32.2. The van der Waals surface area contributed by atoms with Crippen molar-refractivity contribution in [1.82, 2.24) is 10.1 Å². The van der Waals surface area contributed by atoms with Crippen LogP contribution in [0.15, 0.2) is 59.1 Å². The molecule has 0 saturated heterocycles. The first-order valence-electron chi connectivity index (χ1n) is 13.9. The number of para-hydroxylation sites is 1. The van der Waals surface area contributed by atoms with E-state index >= 15 is 0 Å². The lowest BCUT2D eigenvalue weighted by Crippen LogP contribution is -2.26. The zero-order valence-corrected chi connectivity index (χ0v) is 26.2. The van der Waals surface area contributed by atoms with Crippen LogP contribution in [0.25, 0.3) is 11.3 Å². The lowest BCUT2D eigenvalue weighted by Gasteiger charge is -2.22. The molecule has 2 amide bonds. The number of nitrogens with zero attached hydrogens (tertiary/aromatic N) is 3. The highest BCUT2D eigenvalue weighted by Gasteiger charge is 2.24. The third kappa shape index (κ3) is 6.52. The number of ether oxygens (including phenoxy) is 3. The van der Waals surface area contributed by atoms with E-state index in [4.69, 9.17) is 18.7 Å². The maximum absolute atomic E-state index is 13.5. The van der Waals surface area contributed by atoms with E-state index in [0.717, 1.165) is 16.7 Å². The van der Waals surface area contributed by atoms with E-state index in [1.807, 2.05) is 45.9 Å². The van der Waals surface area contributed by atoms with Gasteiger partial charge in [-0.2, -0.15) is 5.26 Å². The minimum absolute atomic E-state index is 0.0611. The predicted octanol–water partition coefficient (Wildman–Crippen LogP) is 6.37. The summed E-state index contributed by atoms with van der Waals surface area (Å²) in [5.74, 6) is 0.599. The third-order valence-corrected chi connectivity index (χ3v) is 7.26. The Morgan fingerprint density at radius 2 is 1.73 bits per heavy atom. The molecule has 3 aromatic carbocycles. The fourth-order valence-electron chi connectivity index (χ4n) is 4.80. The molecule has 0 unspecified atom stereocenters. The fourth-order valence-corrected chi connectivity index (χ4v) is 4.80. The van der Waals surface area contributed by atoms with E-state index in [1.54, 1.807) is 57.7 Å². The largest absolute Gasteiger partial charge is 0.495 e. The van der Waals surface area contributed by atoms with Gasteiger partial charge in [0, 0.05) is 36.5 Å². The van der Waals surface area contributed by atoms with Crippen molar-refractivity contribution >= 4 is 17.5 Å². The van der Waals surface area contributed by atoms with Crippen LogP contribution in [0.2, 0.25) is 0 Å². The molecule has 0 saturated carbocycles. The summed E-state index contributed by atoms with van der Waals surface area (Å²) in [7, 11) is 6.20. The van der Waals surface area contributed by atoms with Gasteiger partial charge < -0.3 is 29.0 Å². The van der Waals surface area contributed by atoms with Crippen molar-refractivity contribution in [3.8, 4) is 34.6 Å². The number of hydrogen-bond donors (Lipinski definition) is 1. The molecule has 0 spiro atoms. The number of hydrogen-bond acceptors (Lipinski definition) is 8. The summed E-state index contributed by atoms with van der Waals surface area (Å²) in [5.41, 5.74) is 4.32. The number of carbonyl (C=O) groups excluding carboxylic acids is 2. The number of benzene rings is 3. The molecular formula is C34H36N4O6. The second kappa shape index (κ2) is 12.9. The van der Waals surface area contributed by atoms with Gasteiger partial charge in [0.1, 0.15) is 17.5 Å². The highest BCUT2D eigenvalue weighted by atomic mass is 16.5. The van der Waals surface area contributed by atoms with Crippen molar-refractivity contribution in [2.45, 2.75) is 39.7 Å². The normalized spacial score (nSPS) is 11.0. The number of amides is 2. The van der Waals surface area contributed by atoms with Crippen LogP contribution < -0.4 is 19.5 Å². The van der Waals surface area contributed by atoms with Crippen LogP contribution in [0.5, 0.6) is 17.2 Å². The smallest absolute Gasteiger partial charge is 0.292 e. The highest BCUT2D eigenvalue weighted by molar-refractivity contribution is 6.07. The average molecular weight is 597 g/mol. The molecule has 4 aromatic rings. The molecule has 10 heteroatoms. The number of nitriles is 1. The highest BCUT2D eigenvalue weighted by Crippen LogP contribution is 2.34. The van der Waals surface area contributed by atoms with Crippen LogP contribution in [0.1, 0.15) is 63.9 Å². The van der Waals surface area contributed by atoms with Gasteiger partial charge in [0.05, 0.1) is 32.5 Å². The molecule has 0 aliphatic rings. The standard InChI is InChI=1S/C34H36N4O6/c1-20-12-13-24(36-32(39)26-15-23(34(2,3)4)14-22(18-35)30(26)42-7)16-25(20)27-17-29(44-37-27)33(40)38(5)19-21-10-9-11-28(41-6)31(21)43-8/h9-17H,19H2,1-8H3,(H,36,39). The molecule has 1 N–H and O–H groups in total. The van der Waals surface area contributed by atoms with E-state index in [9.17, 15) is 14.9 Å². The summed E-state index contributed by atoms with van der Waals surface area (Å²) >= 11 is 0. The summed E-state index contributed by atoms with van der Waals surface area (Å²) in [5, 5.41) is 16.8. The van der Waals surface area contributed by atoms with Crippen LogP contribution in [-0.4, -0.2) is 50.2 Å². The number of nitrogens with one attached hydrogen (secondary N) is 1. The Balaban J connectivity index is 1.58. The third-order valence-electron chi connectivity index (χ3n) is 7.26. The van der Waals surface area contributed by atoms with Gasteiger partial charge in [0.15, 0.2) is 11.5 Å². The summed E-state index contributed by atoms with van der Waals surface area (Å²) in [6, 6.07) is 18.0. The Morgan fingerprint density at radius 1 is 1.00 bits per heavy atom. The molecule has 10 nitrogen and oxygen atoms in total. The van der Waals surface area contributed by atoms with Crippen LogP contribution >= 0.6 is 0 Å². The summed E-state index contributed by atoms with van der Waals surface area (Å²) in [6.45, 7) is 8.17. The monoisotopic (exact) mass is 596 g/mol. The van der Waals surface area contributed by atoms with Crippen molar-refractivity contribution < 1.29 is 28.3 Å². The molecule has 0 aliphatic heterocycles. The van der Waals surface area contributed by atoms with Crippen molar-refractivity contribution in [3.05, 3.63) is 88.2 Å². The number of methoxy groups -OCH3 is 3. The lowest BCUT2D eigenvalue weighted by molar-refractivity contribution is 0.0742. The molecule has 0 bridgehead atoms. The second-order valence-corrected chi connectivity index (χ2v) is 11.3. The van der Waals surface area contributed by atoms with Gasteiger partial charge in [-0.05, 0) is 53.8 Å². The average Bonchev–Trinajstić information content (AvgIpc) is 3.50. The van der Waals surface area contributed by atoms with E-state index in [1.165, 1.54) is 12.0 Å². The van der Waals surface area contributed by atoms with Crippen molar-refractivity contribution in [1.29, 1.82) is 5.26 Å². The Labute approximate surface area is 257 Å². The molecule has 1 heterocycles. The molecule has 44 heavy (non-hydrogen) atoms. The molecule has 0 fully saturated rings. The van der Waals surface area contributed by atoms with Gasteiger partial charge in [-0.1, -0.05) is 44.1 Å². The van der Waals surface area contributed by atoms with Gasteiger partial charge in [-0.15, -0.1) is 0 Å². The van der Waals surface area contributed by atoms with Crippen molar-refractivity contribution in [2.75, 3.05) is 33.7 Å². The fraction of sp³-hybridized carbons (Fsp3) is 0.294. The first-order chi connectivity index (χ1) is 20.9. The lowest BCUT2D eigenvalue weighted by atomic mass is 9.84. The molecular weight excluding hydrogens is 560 g/mol. The van der Waals surface area contributed by atoms with Gasteiger partial charge in [0.2, 0.25) is 5.76 Å². The predicted molar refractivity (Wildman–Crippen MR) is 166 cm³/mol. The SMILES string of the molecule is COc1cccc(CN(C)C(=O)c2cc(-c3cc(NC(=O)c4cc(C(C)(C)C)cc(C#N)c4OC)ccc3C)no2)c1OC. The minimum Gasteiger partial charge on any atom is -0.495 e. The van der Waals surface area contributed by atoms with E-state index in [2.05, 4.69) is 16.5 Å². The molecule has 0 aliphatic carbocycles. The van der Waals surface area contributed by atoms with Gasteiger partial charge in [-0.25, -0.2) is 0 Å². The summed E-state index contributed by atoms with van der Waals surface area (Å²) in [6.07, 6.45) is 0. The van der Waals surface area contributed by atoms with Crippen molar-refractivity contribution in [3.63, 3.8) is 0 Å². The van der Waals surface area contributed by atoms with Gasteiger partial charge in [-0.3, -0.25) is 9.59 Å². The zero-order valence-electron chi connectivity index (χ0n) is 26.2. The molecule has 1 aromatic heterocycles. The number of aryl methyl sites for hydroxylation is 1. The van der Waals surface area contributed by atoms with Gasteiger partial charge in [0.25, 0.3) is 11.8 Å². The van der Waals surface area contributed by atoms with Crippen LogP contribution in [0.3, 0.4) is 0 Å². The van der Waals surface area contributed by atoms with Crippen LogP contribution in [0, 0.1) is 18.3 Å². The van der Waals surface area contributed by atoms with E-state index in [-0.39, 0.29) is 40.5 Å². The maximum Gasteiger partial charge on any atom is 0.292 e. The second-order valence-electron chi connectivity index (χ2n) is 11.3. The minimum atomic E-state index is -0.426. The number of anilines is 1. The Kier molecular flexibility index (Phi) is 9.29. The van der Waals surface area contributed by atoms with Gasteiger partial charge >= 0.3 is 0 Å². The summed E-state index contributed by atoms with van der Waals surface area (Å²) < 4.78 is 21.8. The van der Waals surface area contributed by atoms with Crippen LogP contribution in [-0.2, 0) is 12.0 Å². The Bertz CT molecular complexity index is 1750. The van der Waals surface area contributed by atoms with Crippen LogP contribution in [0.4, 0.5) is 5.69 Å². The van der Waals surface area contributed by atoms with Crippen molar-refractivity contribution in [2.24, 2.45) is 0 Å². The molecule has 4 rings (SSSR count). The number of carbonyl (C=O) groups is 2. The topological polar surface area (TPSA) is 127 Å². The first-order valence-corrected chi connectivity index (χ1v) is 13.9. The Morgan fingerprint density at radius 3 is 2.36 bits per heavy atom. The van der Waals surface area contributed by atoms with E-state index in [0.29, 0.717) is 28.4 Å².